The van der Waals surface area contributed by atoms with Gasteiger partial charge in [0.1, 0.15) is 5.75 Å². The van der Waals surface area contributed by atoms with Gasteiger partial charge >= 0.3 is 0 Å². The van der Waals surface area contributed by atoms with Gasteiger partial charge in [-0.15, -0.1) is 0 Å². The summed E-state index contributed by atoms with van der Waals surface area (Å²) in [5.41, 5.74) is 2.44. The second-order valence-electron chi connectivity index (χ2n) is 6.45. The van der Waals surface area contributed by atoms with E-state index in [2.05, 4.69) is 10.3 Å². The molecular weight excluding hydrogens is 338 g/mol. The van der Waals surface area contributed by atoms with Gasteiger partial charge < -0.3 is 15.0 Å². The maximum Gasteiger partial charge on any atom is 0.255 e. The average molecular weight is 357 g/mol. The van der Waals surface area contributed by atoms with Crippen LogP contribution in [0.1, 0.15) is 21.5 Å². The molecule has 5 heteroatoms. The molecule has 0 bridgehead atoms. The zero-order valence-electron chi connectivity index (χ0n) is 14.7. The van der Waals surface area contributed by atoms with E-state index in [9.17, 15) is 9.90 Å². The Hall–Kier alpha value is -3.60. The topological polar surface area (TPSA) is 67.2 Å². The summed E-state index contributed by atoms with van der Waals surface area (Å²) >= 11 is 0. The van der Waals surface area contributed by atoms with E-state index in [0.29, 0.717) is 6.54 Å². The Balaban J connectivity index is 1.42. The van der Waals surface area contributed by atoms with E-state index in [-0.39, 0.29) is 17.2 Å². The maximum absolute atomic E-state index is 12.5. The van der Waals surface area contributed by atoms with Gasteiger partial charge in [0.25, 0.3) is 5.91 Å². The second kappa shape index (κ2) is 7.33. The van der Waals surface area contributed by atoms with Gasteiger partial charge in [0, 0.05) is 25.5 Å². The van der Waals surface area contributed by atoms with Crippen molar-refractivity contribution in [3.8, 4) is 5.75 Å². The highest BCUT2D eigenvalue weighted by Crippen LogP contribution is 2.25. The number of aromatic nitrogens is 2. The van der Waals surface area contributed by atoms with Crippen molar-refractivity contribution in [1.82, 2.24) is 14.9 Å². The molecule has 5 nitrogen and oxygen atoms in total. The van der Waals surface area contributed by atoms with Crippen molar-refractivity contribution >= 4 is 16.7 Å². The summed E-state index contributed by atoms with van der Waals surface area (Å²) in [7, 11) is 0. The molecule has 0 aliphatic heterocycles. The van der Waals surface area contributed by atoms with E-state index >= 15 is 0 Å². The molecule has 0 fully saturated rings. The second-order valence-corrected chi connectivity index (χ2v) is 6.45. The number of fused-ring (bicyclic) bond motifs is 1. The minimum Gasteiger partial charge on any atom is -0.507 e. The molecule has 0 unspecified atom stereocenters. The Morgan fingerprint density at radius 3 is 2.41 bits per heavy atom. The molecule has 0 aliphatic carbocycles. The Morgan fingerprint density at radius 2 is 1.70 bits per heavy atom. The summed E-state index contributed by atoms with van der Waals surface area (Å²) in [4.78, 5) is 16.5. The van der Waals surface area contributed by atoms with Gasteiger partial charge in [0.2, 0.25) is 0 Å². The maximum atomic E-state index is 12.5. The largest absolute Gasteiger partial charge is 0.507 e. The number of benzene rings is 3. The molecule has 0 atom stereocenters. The van der Waals surface area contributed by atoms with E-state index < -0.39 is 0 Å². The predicted octanol–water partition coefficient (Wildman–Crippen LogP) is 3.72. The van der Waals surface area contributed by atoms with E-state index in [0.717, 1.165) is 28.4 Å². The molecule has 0 aliphatic rings. The molecule has 3 aromatic carbocycles. The number of imidazole rings is 1. The van der Waals surface area contributed by atoms with Gasteiger partial charge in [-0.25, -0.2) is 4.98 Å². The number of hydrogen-bond acceptors (Lipinski definition) is 3. The van der Waals surface area contributed by atoms with Crippen molar-refractivity contribution in [3.05, 3.63) is 96.1 Å². The lowest BCUT2D eigenvalue weighted by Crippen LogP contribution is -2.22. The molecule has 0 spiro atoms. The van der Waals surface area contributed by atoms with Crippen molar-refractivity contribution in [3.63, 3.8) is 0 Å². The monoisotopic (exact) mass is 357 g/mol. The summed E-state index contributed by atoms with van der Waals surface area (Å²) in [6.07, 6.45) is 5.46. The summed E-state index contributed by atoms with van der Waals surface area (Å²) in [6, 6.07) is 19.0. The van der Waals surface area contributed by atoms with Crippen LogP contribution in [0.15, 0.2) is 79.4 Å². The van der Waals surface area contributed by atoms with Crippen LogP contribution >= 0.6 is 0 Å². The molecule has 1 heterocycles. The van der Waals surface area contributed by atoms with Gasteiger partial charge in [0.05, 0.1) is 11.9 Å². The van der Waals surface area contributed by atoms with Crippen LogP contribution in [-0.4, -0.2) is 20.6 Å². The average Bonchev–Trinajstić information content (AvgIpc) is 3.19. The van der Waals surface area contributed by atoms with E-state index in [1.165, 1.54) is 0 Å². The summed E-state index contributed by atoms with van der Waals surface area (Å²) in [6.45, 7) is 1.16. The minimum atomic E-state index is -0.291. The van der Waals surface area contributed by atoms with Crippen molar-refractivity contribution < 1.29 is 9.90 Å². The summed E-state index contributed by atoms with van der Waals surface area (Å²) < 4.78 is 2.00. The molecule has 134 valence electrons. The van der Waals surface area contributed by atoms with Crippen LogP contribution < -0.4 is 5.32 Å². The third kappa shape index (κ3) is 3.82. The fourth-order valence-corrected chi connectivity index (χ4v) is 3.04. The first kappa shape index (κ1) is 16.8. The molecule has 4 aromatic rings. The van der Waals surface area contributed by atoms with Crippen LogP contribution in [0, 0.1) is 0 Å². The number of phenols is 1. The van der Waals surface area contributed by atoms with Crippen LogP contribution in [0.3, 0.4) is 0 Å². The van der Waals surface area contributed by atoms with Gasteiger partial charge in [-0.05, 0) is 34.0 Å². The lowest BCUT2D eigenvalue weighted by molar-refractivity contribution is 0.0948. The van der Waals surface area contributed by atoms with E-state index in [1.54, 1.807) is 24.7 Å². The third-order valence-corrected chi connectivity index (χ3v) is 4.51. The number of carbonyl (C=O) groups is 1. The standard InChI is InChI=1S/C22H19N3O2/c26-21-12-19-4-2-1-3-18(19)11-20(21)22(27)24-13-16-5-7-17(8-6-16)14-25-10-9-23-15-25/h1-12,15,26H,13-14H2,(H,24,27). The van der Waals surface area contributed by atoms with Crippen molar-refractivity contribution in [2.24, 2.45) is 0 Å². The highest BCUT2D eigenvalue weighted by atomic mass is 16.3. The molecule has 2 N–H and O–H groups in total. The highest BCUT2D eigenvalue weighted by molar-refractivity contribution is 6.01. The van der Waals surface area contributed by atoms with Gasteiger partial charge in [0.15, 0.2) is 0 Å². The smallest absolute Gasteiger partial charge is 0.255 e. The normalized spacial score (nSPS) is 10.8. The molecule has 1 amide bonds. The molecular formula is C22H19N3O2. The van der Waals surface area contributed by atoms with E-state index in [4.69, 9.17) is 0 Å². The van der Waals surface area contributed by atoms with Crippen molar-refractivity contribution in [2.45, 2.75) is 13.1 Å². The number of aromatic hydroxyl groups is 1. The Morgan fingerprint density at radius 1 is 1.00 bits per heavy atom. The predicted molar refractivity (Wildman–Crippen MR) is 105 cm³/mol. The van der Waals surface area contributed by atoms with Crippen LogP contribution in [0.5, 0.6) is 5.75 Å². The van der Waals surface area contributed by atoms with Gasteiger partial charge in [-0.2, -0.15) is 0 Å². The fraction of sp³-hybridized carbons (Fsp3) is 0.0909. The van der Waals surface area contributed by atoms with E-state index in [1.807, 2.05) is 59.3 Å². The molecule has 0 saturated heterocycles. The quantitative estimate of drug-likeness (QED) is 0.572. The zero-order chi connectivity index (χ0) is 18.6. The summed E-state index contributed by atoms with van der Waals surface area (Å²) in [5, 5.41) is 14.9. The number of hydrogen-bond donors (Lipinski definition) is 2. The number of amides is 1. The molecule has 1 aromatic heterocycles. The summed E-state index contributed by atoms with van der Waals surface area (Å²) in [5.74, 6) is -0.303. The molecule has 27 heavy (non-hydrogen) atoms. The molecule has 0 saturated carbocycles. The van der Waals surface area contributed by atoms with Crippen molar-refractivity contribution in [1.29, 1.82) is 0 Å². The lowest BCUT2D eigenvalue weighted by Gasteiger charge is -2.09. The number of carbonyl (C=O) groups excluding carboxylic acids is 1. The lowest BCUT2D eigenvalue weighted by atomic mass is 10.1. The third-order valence-electron chi connectivity index (χ3n) is 4.51. The van der Waals surface area contributed by atoms with Crippen molar-refractivity contribution in [2.75, 3.05) is 0 Å². The van der Waals surface area contributed by atoms with Crippen LogP contribution in [-0.2, 0) is 13.1 Å². The Kier molecular flexibility index (Phi) is 4.58. The SMILES string of the molecule is O=C(NCc1ccc(Cn2ccnc2)cc1)c1cc2ccccc2cc1O. The van der Waals surface area contributed by atoms with Crippen LogP contribution in [0.4, 0.5) is 0 Å². The minimum absolute atomic E-state index is 0.0121. The Bertz CT molecular complexity index is 1070. The zero-order valence-corrected chi connectivity index (χ0v) is 14.7. The fourth-order valence-electron chi connectivity index (χ4n) is 3.04. The number of nitrogens with one attached hydrogen (secondary N) is 1. The van der Waals surface area contributed by atoms with Crippen LogP contribution in [0.25, 0.3) is 10.8 Å². The Labute approximate surface area is 156 Å². The number of phenolic OH excluding ortho intramolecular Hbond substituents is 1. The first-order valence-corrected chi connectivity index (χ1v) is 8.72. The first-order chi connectivity index (χ1) is 13.2. The number of rotatable bonds is 5. The van der Waals surface area contributed by atoms with Gasteiger partial charge in [-0.1, -0.05) is 48.5 Å². The molecule has 0 radical (unpaired) electrons. The highest BCUT2D eigenvalue weighted by Gasteiger charge is 2.12. The number of nitrogens with zero attached hydrogens (tertiary/aromatic N) is 2. The van der Waals surface area contributed by atoms with Crippen LogP contribution in [0.2, 0.25) is 0 Å². The molecule has 4 rings (SSSR count). The van der Waals surface area contributed by atoms with Gasteiger partial charge in [-0.3, -0.25) is 4.79 Å². The first-order valence-electron chi connectivity index (χ1n) is 8.72.